The highest BCUT2D eigenvalue weighted by molar-refractivity contribution is 6.05. The Balaban J connectivity index is 1.49. The fraction of sp³-hybridized carbons (Fsp3) is 0.0400. The van der Waals surface area contributed by atoms with Crippen LogP contribution in [0.4, 0.5) is 5.69 Å². The van der Waals surface area contributed by atoms with Gasteiger partial charge in [-0.25, -0.2) is 9.97 Å². The van der Waals surface area contributed by atoms with Gasteiger partial charge < -0.3 is 15.0 Å². The number of nitrogens with zero attached hydrogens (tertiary/aromatic N) is 3. The van der Waals surface area contributed by atoms with Crippen molar-refractivity contribution in [3.05, 3.63) is 90.9 Å². The van der Waals surface area contributed by atoms with E-state index < -0.39 is 0 Å². The molecule has 5 rings (SSSR count). The first kappa shape index (κ1) is 19.4. The number of hydrogen-bond donors (Lipinski definition) is 2. The number of aromatic nitrogens is 4. The van der Waals surface area contributed by atoms with Gasteiger partial charge in [-0.3, -0.25) is 9.78 Å². The Hall–Kier alpha value is -4.52. The SMILES string of the molecule is COc1ccc(-c2ccnc3[nH]c(-c4cccc(C(=O)Nc5cccnc5)c4)nc23)cc1. The van der Waals surface area contributed by atoms with Gasteiger partial charge in [-0.15, -0.1) is 0 Å². The zero-order chi connectivity index (χ0) is 21.9. The van der Waals surface area contributed by atoms with E-state index in [0.717, 1.165) is 28.0 Å². The van der Waals surface area contributed by atoms with E-state index in [2.05, 4.69) is 20.3 Å². The molecule has 2 N–H and O–H groups in total. The van der Waals surface area contributed by atoms with Crippen LogP contribution in [0.15, 0.2) is 85.3 Å². The number of methoxy groups -OCH3 is 1. The standard InChI is InChI=1S/C25H19N5O2/c1-32-20-9-7-16(8-10-20)21-11-13-27-24-22(21)29-23(30-24)17-4-2-5-18(14-17)25(31)28-19-6-3-12-26-15-19/h2-15H,1H3,(H,28,31)(H,27,29,30). The summed E-state index contributed by atoms with van der Waals surface area (Å²) in [7, 11) is 1.64. The lowest BCUT2D eigenvalue weighted by Crippen LogP contribution is -2.11. The Morgan fingerprint density at radius 2 is 1.84 bits per heavy atom. The molecule has 3 heterocycles. The topological polar surface area (TPSA) is 92.8 Å². The first-order chi connectivity index (χ1) is 15.7. The van der Waals surface area contributed by atoms with Crippen LogP contribution in [-0.2, 0) is 0 Å². The van der Waals surface area contributed by atoms with Crippen LogP contribution in [0.25, 0.3) is 33.7 Å². The minimum atomic E-state index is -0.215. The number of amides is 1. The number of imidazole rings is 1. The number of anilines is 1. The van der Waals surface area contributed by atoms with Crippen molar-refractivity contribution in [1.82, 2.24) is 19.9 Å². The Bertz CT molecular complexity index is 1400. The van der Waals surface area contributed by atoms with Crippen molar-refractivity contribution in [2.24, 2.45) is 0 Å². The molecule has 0 atom stereocenters. The Morgan fingerprint density at radius 1 is 0.969 bits per heavy atom. The maximum Gasteiger partial charge on any atom is 0.255 e. The Kier molecular flexibility index (Phi) is 5.05. The van der Waals surface area contributed by atoms with Gasteiger partial charge in [0.1, 0.15) is 17.1 Å². The molecule has 2 aromatic carbocycles. The lowest BCUT2D eigenvalue weighted by Gasteiger charge is -2.05. The van der Waals surface area contributed by atoms with E-state index in [1.165, 1.54) is 0 Å². The Morgan fingerprint density at radius 3 is 2.62 bits per heavy atom. The molecule has 0 fully saturated rings. The number of nitrogens with one attached hydrogen (secondary N) is 2. The molecular formula is C25H19N5O2. The van der Waals surface area contributed by atoms with Crippen LogP contribution in [0.5, 0.6) is 5.75 Å². The molecule has 5 aromatic rings. The van der Waals surface area contributed by atoms with E-state index in [0.29, 0.717) is 22.7 Å². The number of fused-ring (bicyclic) bond motifs is 1. The molecular weight excluding hydrogens is 402 g/mol. The molecule has 0 aliphatic heterocycles. The molecule has 0 aliphatic rings. The van der Waals surface area contributed by atoms with Gasteiger partial charge in [0.2, 0.25) is 0 Å². The minimum absolute atomic E-state index is 0.215. The number of carbonyl (C=O) groups excluding carboxylic acids is 1. The second-order valence-electron chi connectivity index (χ2n) is 7.15. The first-order valence-corrected chi connectivity index (χ1v) is 10.0. The molecule has 7 nitrogen and oxygen atoms in total. The maximum absolute atomic E-state index is 12.7. The summed E-state index contributed by atoms with van der Waals surface area (Å²) in [6.45, 7) is 0. The number of benzene rings is 2. The summed E-state index contributed by atoms with van der Waals surface area (Å²) >= 11 is 0. The van der Waals surface area contributed by atoms with E-state index in [-0.39, 0.29) is 5.91 Å². The molecule has 0 saturated carbocycles. The maximum atomic E-state index is 12.7. The quantitative estimate of drug-likeness (QED) is 0.419. The average molecular weight is 421 g/mol. The van der Waals surface area contributed by atoms with E-state index in [1.807, 2.05) is 42.5 Å². The van der Waals surface area contributed by atoms with Crippen molar-refractivity contribution in [3.8, 4) is 28.3 Å². The lowest BCUT2D eigenvalue weighted by atomic mass is 10.1. The Labute approximate surface area is 184 Å². The van der Waals surface area contributed by atoms with Gasteiger partial charge in [0.25, 0.3) is 5.91 Å². The first-order valence-electron chi connectivity index (χ1n) is 10.0. The average Bonchev–Trinajstić information content (AvgIpc) is 3.29. The molecule has 3 aromatic heterocycles. The monoisotopic (exact) mass is 421 g/mol. The van der Waals surface area contributed by atoms with Gasteiger partial charge in [0.15, 0.2) is 5.65 Å². The predicted octanol–water partition coefficient (Wildman–Crippen LogP) is 4.95. The molecule has 156 valence electrons. The number of rotatable bonds is 5. The second kappa shape index (κ2) is 8.31. The van der Waals surface area contributed by atoms with E-state index in [9.17, 15) is 4.79 Å². The number of H-pyrrole nitrogens is 1. The molecule has 0 bridgehead atoms. The third-order valence-corrected chi connectivity index (χ3v) is 5.10. The molecule has 1 amide bonds. The zero-order valence-electron chi connectivity index (χ0n) is 17.2. The van der Waals surface area contributed by atoms with E-state index in [1.54, 1.807) is 50.0 Å². The highest BCUT2D eigenvalue weighted by atomic mass is 16.5. The van der Waals surface area contributed by atoms with Gasteiger partial charge in [-0.05, 0) is 48.0 Å². The third-order valence-electron chi connectivity index (χ3n) is 5.10. The number of carbonyl (C=O) groups is 1. The summed E-state index contributed by atoms with van der Waals surface area (Å²) in [5, 5.41) is 2.85. The fourth-order valence-electron chi connectivity index (χ4n) is 3.50. The van der Waals surface area contributed by atoms with Crippen LogP contribution in [-0.4, -0.2) is 33.0 Å². The van der Waals surface area contributed by atoms with Crippen molar-refractivity contribution in [3.63, 3.8) is 0 Å². The van der Waals surface area contributed by atoms with Crippen molar-refractivity contribution < 1.29 is 9.53 Å². The molecule has 0 aliphatic carbocycles. The van der Waals surface area contributed by atoms with Gasteiger partial charge in [-0.2, -0.15) is 0 Å². The lowest BCUT2D eigenvalue weighted by molar-refractivity contribution is 0.102. The van der Waals surface area contributed by atoms with Gasteiger partial charge in [0.05, 0.1) is 19.0 Å². The summed E-state index contributed by atoms with van der Waals surface area (Å²) in [5.74, 6) is 1.22. The van der Waals surface area contributed by atoms with Crippen LogP contribution >= 0.6 is 0 Å². The number of ether oxygens (including phenoxy) is 1. The normalized spacial score (nSPS) is 10.8. The van der Waals surface area contributed by atoms with Gasteiger partial charge in [-0.1, -0.05) is 24.3 Å². The van der Waals surface area contributed by atoms with Crippen LogP contribution in [0.2, 0.25) is 0 Å². The van der Waals surface area contributed by atoms with E-state index in [4.69, 9.17) is 9.72 Å². The summed E-state index contributed by atoms with van der Waals surface area (Å²) in [6.07, 6.45) is 5.01. The summed E-state index contributed by atoms with van der Waals surface area (Å²) < 4.78 is 5.25. The molecule has 0 radical (unpaired) electrons. The summed E-state index contributed by atoms with van der Waals surface area (Å²) in [5.41, 5.74) is 5.38. The largest absolute Gasteiger partial charge is 0.497 e. The van der Waals surface area contributed by atoms with Gasteiger partial charge in [0, 0.05) is 29.1 Å². The second-order valence-corrected chi connectivity index (χ2v) is 7.15. The van der Waals surface area contributed by atoms with Crippen molar-refractivity contribution >= 4 is 22.8 Å². The molecule has 32 heavy (non-hydrogen) atoms. The summed E-state index contributed by atoms with van der Waals surface area (Å²) in [4.78, 5) is 29.2. The van der Waals surface area contributed by atoms with Crippen LogP contribution < -0.4 is 10.1 Å². The fourth-order valence-corrected chi connectivity index (χ4v) is 3.50. The molecule has 0 unspecified atom stereocenters. The highest BCUT2D eigenvalue weighted by Gasteiger charge is 2.13. The van der Waals surface area contributed by atoms with Crippen LogP contribution in [0, 0.1) is 0 Å². The van der Waals surface area contributed by atoms with Crippen molar-refractivity contribution in [2.75, 3.05) is 12.4 Å². The molecule has 0 saturated heterocycles. The number of aromatic amines is 1. The number of hydrogen-bond acceptors (Lipinski definition) is 5. The van der Waals surface area contributed by atoms with Crippen molar-refractivity contribution in [2.45, 2.75) is 0 Å². The van der Waals surface area contributed by atoms with Crippen LogP contribution in [0.3, 0.4) is 0 Å². The minimum Gasteiger partial charge on any atom is -0.497 e. The van der Waals surface area contributed by atoms with Gasteiger partial charge >= 0.3 is 0 Å². The predicted molar refractivity (Wildman–Crippen MR) is 124 cm³/mol. The summed E-state index contributed by atoms with van der Waals surface area (Å²) in [6, 6.07) is 20.6. The van der Waals surface area contributed by atoms with Crippen LogP contribution in [0.1, 0.15) is 10.4 Å². The number of pyridine rings is 2. The molecule has 7 heteroatoms. The van der Waals surface area contributed by atoms with E-state index >= 15 is 0 Å². The third kappa shape index (κ3) is 3.79. The molecule has 0 spiro atoms. The smallest absolute Gasteiger partial charge is 0.255 e. The zero-order valence-corrected chi connectivity index (χ0v) is 17.2. The highest BCUT2D eigenvalue weighted by Crippen LogP contribution is 2.30. The van der Waals surface area contributed by atoms with Crippen molar-refractivity contribution in [1.29, 1.82) is 0 Å².